The number of nitrogens with zero attached hydrogens (tertiary/aromatic N) is 1. The van der Waals surface area contributed by atoms with Gasteiger partial charge in [-0.3, -0.25) is 29.6 Å². The van der Waals surface area contributed by atoms with E-state index in [2.05, 4.69) is 10.7 Å². The summed E-state index contributed by atoms with van der Waals surface area (Å²) in [5.41, 5.74) is 4.87. The Morgan fingerprint density at radius 3 is 2.45 bits per heavy atom. The number of ether oxygens (including phenoxy) is 1. The number of benzene rings is 2. The van der Waals surface area contributed by atoms with Crippen LogP contribution in [-0.4, -0.2) is 41.9 Å². The molecule has 1 saturated heterocycles. The van der Waals surface area contributed by atoms with E-state index < -0.39 is 30.3 Å². The van der Waals surface area contributed by atoms with Crippen LogP contribution < -0.4 is 10.7 Å². The maximum Gasteiger partial charge on any atom is 0.311 e. The van der Waals surface area contributed by atoms with Crippen LogP contribution in [0.3, 0.4) is 0 Å². The second-order valence-corrected chi connectivity index (χ2v) is 7.52. The minimum atomic E-state index is -0.745. The Morgan fingerprint density at radius 1 is 1.10 bits per heavy atom. The standard InChI is InChI=1S/C23H25N3O5/c1-15-8-10-18(11-9-15)22(29)25-26-13-19(12-21(26)28)23(30)31-14-20(27)24-16(2)17-6-4-3-5-7-17/h3-11,16,19H,12-14H2,1-2H3,(H,24,27)(H,25,29)/t16-,19-/m0/s1. The highest BCUT2D eigenvalue weighted by molar-refractivity contribution is 5.96. The number of amides is 3. The number of hydrogen-bond donors (Lipinski definition) is 2. The topological polar surface area (TPSA) is 105 Å². The molecule has 8 nitrogen and oxygen atoms in total. The van der Waals surface area contributed by atoms with Crippen LogP contribution in [-0.2, 0) is 19.1 Å². The SMILES string of the molecule is Cc1ccc(C(=O)NN2C[C@@H](C(=O)OCC(=O)N[C@@H](C)c3ccccc3)CC2=O)cc1. The van der Waals surface area contributed by atoms with Gasteiger partial charge in [0.15, 0.2) is 6.61 Å². The summed E-state index contributed by atoms with van der Waals surface area (Å²) in [7, 11) is 0. The van der Waals surface area contributed by atoms with Crippen LogP contribution in [0.25, 0.3) is 0 Å². The maximum atomic E-state index is 12.3. The maximum absolute atomic E-state index is 12.3. The van der Waals surface area contributed by atoms with Gasteiger partial charge >= 0.3 is 5.97 Å². The Morgan fingerprint density at radius 2 is 1.77 bits per heavy atom. The van der Waals surface area contributed by atoms with E-state index in [0.29, 0.717) is 5.56 Å². The number of nitrogens with one attached hydrogen (secondary N) is 2. The zero-order chi connectivity index (χ0) is 22.4. The predicted molar refractivity (Wildman–Crippen MR) is 112 cm³/mol. The molecule has 1 aliphatic rings. The van der Waals surface area contributed by atoms with E-state index in [1.54, 1.807) is 24.3 Å². The summed E-state index contributed by atoms with van der Waals surface area (Å²) < 4.78 is 5.08. The van der Waals surface area contributed by atoms with Gasteiger partial charge in [-0.1, -0.05) is 48.0 Å². The number of carbonyl (C=O) groups is 4. The lowest BCUT2D eigenvalue weighted by Crippen LogP contribution is -2.43. The van der Waals surface area contributed by atoms with Crippen molar-refractivity contribution in [2.45, 2.75) is 26.3 Å². The average Bonchev–Trinajstić information content (AvgIpc) is 3.13. The van der Waals surface area contributed by atoms with Crippen molar-refractivity contribution in [1.29, 1.82) is 0 Å². The van der Waals surface area contributed by atoms with E-state index in [4.69, 9.17) is 4.74 Å². The number of hydrogen-bond acceptors (Lipinski definition) is 5. The van der Waals surface area contributed by atoms with Crippen molar-refractivity contribution in [3.8, 4) is 0 Å². The highest BCUT2D eigenvalue weighted by atomic mass is 16.5. The number of rotatable bonds is 7. The van der Waals surface area contributed by atoms with Gasteiger partial charge in [-0.15, -0.1) is 0 Å². The molecule has 2 aromatic carbocycles. The molecule has 31 heavy (non-hydrogen) atoms. The van der Waals surface area contributed by atoms with Crippen LogP contribution in [0.15, 0.2) is 54.6 Å². The van der Waals surface area contributed by atoms with Gasteiger partial charge in [0.2, 0.25) is 5.91 Å². The molecule has 162 valence electrons. The van der Waals surface area contributed by atoms with E-state index in [1.165, 1.54) is 0 Å². The van der Waals surface area contributed by atoms with Crippen molar-refractivity contribution < 1.29 is 23.9 Å². The second-order valence-electron chi connectivity index (χ2n) is 7.52. The fraction of sp³-hybridized carbons (Fsp3) is 0.304. The van der Waals surface area contributed by atoms with Gasteiger partial charge in [-0.25, -0.2) is 0 Å². The van der Waals surface area contributed by atoms with Crippen molar-refractivity contribution in [3.05, 3.63) is 71.3 Å². The van der Waals surface area contributed by atoms with Gasteiger partial charge in [0.05, 0.1) is 18.5 Å². The van der Waals surface area contributed by atoms with Gasteiger partial charge in [-0.05, 0) is 31.5 Å². The molecule has 2 aromatic rings. The smallest absolute Gasteiger partial charge is 0.311 e. The van der Waals surface area contributed by atoms with Gasteiger partial charge in [0.25, 0.3) is 11.8 Å². The van der Waals surface area contributed by atoms with E-state index in [9.17, 15) is 19.2 Å². The molecule has 1 aliphatic heterocycles. The zero-order valence-corrected chi connectivity index (χ0v) is 17.5. The molecular formula is C23H25N3O5. The van der Waals surface area contributed by atoms with E-state index in [0.717, 1.165) is 16.1 Å². The van der Waals surface area contributed by atoms with Gasteiger partial charge in [0, 0.05) is 12.0 Å². The molecule has 0 aromatic heterocycles. The third-order valence-corrected chi connectivity index (χ3v) is 5.03. The van der Waals surface area contributed by atoms with Gasteiger partial charge in [-0.2, -0.15) is 0 Å². The first-order valence-electron chi connectivity index (χ1n) is 10.0. The van der Waals surface area contributed by atoms with Crippen molar-refractivity contribution >= 4 is 23.7 Å². The summed E-state index contributed by atoms with van der Waals surface area (Å²) in [5, 5.41) is 3.87. The van der Waals surface area contributed by atoms with Crippen molar-refractivity contribution in [2.75, 3.05) is 13.2 Å². The van der Waals surface area contributed by atoms with Crippen LogP contribution in [0.2, 0.25) is 0 Å². The summed E-state index contributed by atoms with van der Waals surface area (Å²) in [6, 6.07) is 16.1. The molecule has 3 rings (SSSR count). The Labute approximate surface area is 180 Å². The lowest BCUT2D eigenvalue weighted by molar-refractivity contribution is -0.152. The first kappa shape index (κ1) is 22.0. The third kappa shape index (κ3) is 5.91. The monoisotopic (exact) mass is 423 g/mol. The van der Waals surface area contributed by atoms with Crippen molar-refractivity contribution in [3.63, 3.8) is 0 Å². The molecule has 1 heterocycles. The minimum absolute atomic E-state index is 0.00267. The second kappa shape index (κ2) is 9.88. The summed E-state index contributed by atoms with van der Waals surface area (Å²) in [6.07, 6.45) is -0.0882. The Balaban J connectivity index is 1.45. The van der Waals surface area contributed by atoms with Gasteiger partial charge in [0.1, 0.15) is 0 Å². The van der Waals surface area contributed by atoms with Crippen LogP contribution in [0.1, 0.15) is 40.9 Å². The first-order valence-corrected chi connectivity index (χ1v) is 10.0. The van der Waals surface area contributed by atoms with Crippen LogP contribution in [0.4, 0.5) is 0 Å². The number of carbonyl (C=O) groups excluding carboxylic acids is 4. The Hall–Kier alpha value is -3.68. The normalized spacial score (nSPS) is 16.5. The summed E-state index contributed by atoms with van der Waals surface area (Å²) in [6.45, 7) is 3.30. The fourth-order valence-corrected chi connectivity index (χ4v) is 3.23. The first-order chi connectivity index (χ1) is 14.8. The molecule has 8 heteroatoms. The summed E-state index contributed by atoms with van der Waals surface area (Å²) in [5.74, 6) is -2.65. The molecule has 0 radical (unpaired) electrons. The highest BCUT2D eigenvalue weighted by Gasteiger charge is 2.36. The lowest BCUT2D eigenvalue weighted by atomic mass is 10.1. The predicted octanol–water partition coefficient (Wildman–Crippen LogP) is 1.91. The third-order valence-electron chi connectivity index (χ3n) is 5.03. The van der Waals surface area contributed by atoms with Crippen LogP contribution in [0, 0.1) is 12.8 Å². The van der Waals surface area contributed by atoms with E-state index >= 15 is 0 Å². The molecule has 1 fully saturated rings. The number of esters is 1. The molecule has 2 atom stereocenters. The number of aryl methyl sites for hydroxylation is 1. The average molecular weight is 423 g/mol. The van der Waals surface area contributed by atoms with E-state index in [-0.39, 0.29) is 24.9 Å². The lowest BCUT2D eigenvalue weighted by Gasteiger charge is -2.18. The Kier molecular flexibility index (Phi) is 7.02. The quantitative estimate of drug-likeness (QED) is 0.662. The molecule has 0 bridgehead atoms. The molecule has 0 aliphatic carbocycles. The van der Waals surface area contributed by atoms with E-state index in [1.807, 2.05) is 44.2 Å². The largest absolute Gasteiger partial charge is 0.455 e. The van der Waals surface area contributed by atoms with Crippen molar-refractivity contribution in [2.24, 2.45) is 5.92 Å². The minimum Gasteiger partial charge on any atom is -0.455 e. The summed E-state index contributed by atoms with van der Waals surface area (Å²) >= 11 is 0. The molecule has 2 N–H and O–H groups in total. The van der Waals surface area contributed by atoms with Crippen molar-refractivity contribution in [1.82, 2.24) is 15.8 Å². The number of hydrazine groups is 1. The Bertz CT molecular complexity index is 959. The highest BCUT2D eigenvalue weighted by Crippen LogP contribution is 2.18. The molecule has 3 amide bonds. The summed E-state index contributed by atoms with van der Waals surface area (Å²) in [4.78, 5) is 48.8. The molecular weight excluding hydrogens is 398 g/mol. The molecule has 0 unspecified atom stereocenters. The molecule has 0 spiro atoms. The fourth-order valence-electron chi connectivity index (χ4n) is 3.23. The van der Waals surface area contributed by atoms with Gasteiger partial charge < -0.3 is 10.1 Å². The van der Waals surface area contributed by atoms with Crippen LogP contribution >= 0.6 is 0 Å². The molecule has 0 saturated carbocycles. The van der Waals surface area contributed by atoms with Crippen LogP contribution in [0.5, 0.6) is 0 Å². The zero-order valence-electron chi connectivity index (χ0n) is 17.5.